The van der Waals surface area contributed by atoms with Gasteiger partial charge in [0.25, 0.3) is 0 Å². The molecule has 0 bridgehead atoms. The number of aromatic nitrogens is 1. The van der Waals surface area contributed by atoms with Gasteiger partial charge in [-0.2, -0.15) is 0 Å². The summed E-state index contributed by atoms with van der Waals surface area (Å²) >= 11 is 0. The second kappa shape index (κ2) is 6.86. The van der Waals surface area contributed by atoms with E-state index in [1.165, 1.54) is 0 Å². The summed E-state index contributed by atoms with van der Waals surface area (Å²) in [6, 6.07) is 7.40. The maximum Gasteiger partial charge on any atom is 0.241 e. The van der Waals surface area contributed by atoms with Crippen LogP contribution < -0.4 is 4.72 Å². The Morgan fingerprint density at radius 3 is 2.35 bits per heavy atom. The van der Waals surface area contributed by atoms with E-state index in [1.807, 2.05) is 49.0 Å². The first-order valence-electron chi connectivity index (χ1n) is 7.59. The zero-order valence-electron chi connectivity index (χ0n) is 14.0. The fraction of sp³-hybridized carbons (Fsp3) is 0.412. The quantitative estimate of drug-likeness (QED) is 0.850. The maximum atomic E-state index is 12.5. The molecule has 0 aliphatic carbocycles. The van der Waals surface area contributed by atoms with Crippen molar-refractivity contribution in [1.82, 2.24) is 9.29 Å². The molecular formula is C17H24N2O3S. The highest BCUT2D eigenvalue weighted by atomic mass is 32.2. The Balaban J connectivity index is 2.07. The molecule has 5 nitrogen and oxygen atoms in total. The van der Waals surface area contributed by atoms with Crippen molar-refractivity contribution in [3.05, 3.63) is 52.8 Å². The summed E-state index contributed by atoms with van der Waals surface area (Å²) in [7, 11) is -1.73. The average Bonchev–Trinajstić information content (AvgIpc) is 2.82. The first kappa shape index (κ1) is 17.7. The molecule has 0 spiro atoms. The first-order chi connectivity index (χ1) is 10.7. The van der Waals surface area contributed by atoms with Gasteiger partial charge >= 0.3 is 0 Å². The zero-order valence-corrected chi connectivity index (χ0v) is 14.8. The van der Waals surface area contributed by atoms with E-state index < -0.39 is 16.1 Å². The van der Waals surface area contributed by atoms with Gasteiger partial charge in [-0.25, -0.2) is 13.1 Å². The van der Waals surface area contributed by atoms with E-state index >= 15 is 0 Å². The Hall–Kier alpha value is -1.63. The molecule has 1 aromatic carbocycles. The lowest BCUT2D eigenvalue weighted by Gasteiger charge is -2.15. The lowest BCUT2D eigenvalue weighted by atomic mass is 10.1. The average molecular weight is 336 g/mol. The van der Waals surface area contributed by atoms with Gasteiger partial charge < -0.3 is 9.67 Å². The fourth-order valence-corrected chi connectivity index (χ4v) is 4.46. The monoisotopic (exact) mass is 336 g/mol. The molecule has 2 N–H and O–H groups in total. The van der Waals surface area contributed by atoms with Crippen LogP contribution in [-0.2, 0) is 17.1 Å². The van der Waals surface area contributed by atoms with Gasteiger partial charge in [0, 0.05) is 25.5 Å². The molecule has 2 rings (SSSR count). The van der Waals surface area contributed by atoms with Crippen LogP contribution in [0.3, 0.4) is 0 Å². The second-order valence-corrected chi connectivity index (χ2v) is 7.68. The molecular weight excluding hydrogens is 312 g/mol. The second-order valence-electron chi connectivity index (χ2n) is 5.97. The molecule has 1 atom stereocenters. The maximum absolute atomic E-state index is 12.5. The smallest absolute Gasteiger partial charge is 0.241 e. The summed E-state index contributed by atoms with van der Waals surface area (Å²) in [4.78, 5) is 0.330. The van der Waals surface area contributed by atoms with Gasteiger partial charge in [-0.1, -0.05) is 17.7 Å². The van der Waals surface area contributed by atoms with Crippen molar-refractivity contribution < 1.29 is 13.5 Å². The van der Waals surface area contributed by atoms with Gasteiger partial charge in [0.15, 0.2) is 0 Å². The number of nitrogens with one attached hydrogen (secondary N) is 1. The molecule has 0 fully saturated rings. The van der Waals surface area contributed by atoms with Crippen molar-refractivity contribution in [3.63, 3.8) is 0 Å². The van der Waals surface area contributed by atoms with Crippen molar-refractivity contribution in [1.29, 1.82) is 0 Å². The lowest BCUT2D eigenvalue weighted by molar-refractivity contribution is 0.161. The van der Waals surface area contributed by atoms with Crippen molar-refractivity contribution in [2.75, 3.05) is 6.54 Å². The number of sulfonamides is 1. The van der Waals surface area contributed by atoms with Crippen molar-refractivity contribution in [3.8, 4) is 0 Å². The molecule has 2 aromatic rings. The number of rotatable bonds is 6. The normalized spacial score (nSPS) is 13.3. The molecule has 1 heterocycles. The number of hydrogen-bond acceptors (Lipinski definition) is 3. The third-order valence-electron chi connectivity index (χ3n) is 3.91. The number of aryl methyl sites for hydroxylation is 4. The van der Waals surface area contributed by atoms with Gasteiger partial charge in [0.05, 0.1) is 11.0 Å². The van der Waals surface area contributed by atoms with Crippen LogP contribution in [0.25, 0.3) is 0 Å². The molecule has 126 valence electrons. The molecule has 1 unspecified atom stereocenters. The van der Waals surface area contributed by atoms with Crippen LogP contribution in [0.2, 0.25) is 0 Å². The minimum atomic E-state index is -3.58. The summed E-state index contributed by atoms with van der Waals surface area (Å²) in [6.45, 7) is 5.72. The van der Waals surface area contributed by atoms with Crippen LogP contribution >= 0.6 is 0 Å². The molecule has 0 saturated heterocycles. The van der Waals surface area contributed by atoms with Gasteiger partial charge in [0.2, 0.25) is 10.0 Å². The zero-order chi connectivity index (χ0) is 17.2. The van der Waals surface area contributed by atoms with E-state index in [0.29, 0.717) is 11.3 Å². The molecule has 0 amide bonds. The van der Waals surface area contributed by atoms with Gasteiger partial charge in [-0.05, 0) is 50.5 Å². The molecule has 1 aromatic heterocycles. The Bertz CT molecular complexity index is 771. The number of benzene rings is 1. The summed E-state index contributed by atoms with van der Waals surface area (Å²) in [5, 5.41) is 10.1. The highest BCUT2D eigenvalue weighted by molar-refractivity contribution is 7.89. The van der Waals surface area contributed by atoms with Crippen molar-refractivity contribution >= 4 is 10.0 Å². The van der Waals surface area contributed by atoms with Crippen LogP contribution in [0.15, 0.2) is 35.4 Å². The number of hydrogen-bond donors (Lipinski definition) is 2. The van der Waals surface area contributed by atoms with Crippen LogP contribution in [0.5, 0.6) is 0 Å². The molecule has 6 heteroatoms. The van der Waals surface area contributed by atoms with E-state index in [0.717, 1.165) is 22.4 Å². The SMILES string of the molecule is Cc1cc(C)c(S(=O)(=O)NCCC(O)c2cccn2C)c(C)c1. The Morgan fingerprint density at radius 1 is 1.22 bits per heavy atom. The topological polar surface area (TPSA) is 71.3 Å². The summed E-state index contributed by atoms with van der Waals surface area (Å²) in [5.41, 5.74) is 3.28. The third-order valence-corrected chi connectivity index (χ3v) is 5.67. The molecule has 0 radical (unpaired) electrons. The number of aliphatic hydroxyl groups excluding tert-OH is 1. The Labute approximate surface area is 138 Å². The summed E-state index contributed by atoms with van der Waals surface area (Å²) in [6.07, 6.45) is 1.47. The minimum absolute atomic E-state index is 0.182. The molecule has 0 aliphatic heterocycles. The number of nitrogens with zero attached hydrogens (tertiary/aromatic N) is 1. The Morgan fingerprint density at radius 2 is 1.83 bits per heavy atom. The Kier molecular flexibility index (Phi) is 5.29. The van der Waals surface area contributed by atoms with Crippen LogP contribution in [0, 0.1) is 20.8 Å². The predicted molar refractivity (Wildman–Crippen MR) is 90.8 cm³/mol. The lowest BCUT2D eigenvalue weighted by Crippen LogP contribution is -2.27. The van der Waals surface area contributed by atoms with Crippen molar-refractivity contribution in [2.45, 2.75) is 38.2 Å². The first-order valence-corrected chi connectivity index (χ1v) is 9.07. The molecule has 23 heavy (non-hydrogen) atoms. The van der Waals surface area contributed by atoms with Crippen molar-refractivity contribution in [2.24, 2.45) is 7.05 Å². The molecule has 0 saturated carbocycles. The number of aliphatic hydroxyl groups is 1. The van der Waals surface area contributed by atoms with E-state index in [-0.39, 0.29) is 6.54 Å². The van der Waals surface area contributed by atoms with E-state index in [2.05, 4.69) is 4.72 Å². The van der Waals surface area contributed by atoms with Gasteiger partial charge in [-0.3, -0.25) is 0 Å². The highest BCUT2D eigenvalue weighted by Crippen LogP contribution is 2.22. The largest absolute Gasteiger partial charge is 0.387 e. The third kappa shape index (κ3) is 4.02. The van der Waals surface area contributed by atoms with E-state index in [9.17, 15) is 13.5 Å². The van der Waals surface area contributed by atoms with Crippen LogP contribution in [0.4, 0.5) is 0 Å². The van der Waals surface area contributed by atoms with E-state index in [1.54, 1.807) is 13.8 Å². The highest BCUT2D eigenvalue weighted by Gasteiger charge is 2.20. The van der Waals surface area contributed by atoms with Crippen LogP contribution in [-0.4, -0.2) is 24.6 Å². The van der Waals surface area contributed by atoms with Crippen LogP contribution in [0.1, 0.15) is 34.9 Å². The van der Waals surface area contributed by atoms with E-state index in [4.69, 9.17) is 0 Å². The summed E-state index contributed by atoms with van der Waals surface area (Å²) in [5.74, 6) is 0. The predicted octanol–water partition coefficient (Wildman–Crippen LogP) is 2.35. The standard InChI is InChI=1S/C17H24N2O3S/c1-12-10-13(2)17(14(3)11-12)23(21,22)18-8-7-16(20)15-6-5-9-19(15)4/h5-6,9-11,16,18,20H,7-8H2,1-4H3. The fourth-order valence-electron chi connectivity index (χ4n) is 2.96. The van der Waals surface area contributed by atoms with Gasteiger partial charge in [-0.15, -0.1) is 0 Å². The summed E-state index contributed by atoms with van der Waals surface area (Å²) < 4.78 is 29.5. The minimum Gasteiger partial charge on any atom is -0.387 e. The molecule has 0 aliphatic rings. The van der Waals surface area contributed by atoms with Gasteiger partial charge in [0.1, 0.15) is 0 Å².